The molecule has 3 heterocycles. The maximum atomic E-state index is 5.92. The van der Waals surface area contributed by atoms with Crippen LogP contribution in [0.1, 0.15) is 11.4 Å². The maximum Gasteiger partial charge on any atom is 0.232 e. The Labute approximate surface area is 118 Å². The first kappa shape index (κ1) is 12.4. The fraction of sp³-hybridized carbons (Fsp3) is 0.250. The van der Waals surface area contributed by atoms with Crippen molar-refractivity contribution in [3.63, 3.8) is 0 Å². The second-order valence-electron chi connectivity index (χ2n) is 4.16. The number of hydrogen-bond donors (Lipinski definition) is 0. The van der Waals surface area contributed by atoms with Gasteiger partial charge in [0.15, 0.2) is 5.75 Å². The van der Waals surface area contributed by atoms with E-state index in [1.807, 2.05) is 32.3 Å². The molecule has 0 atom stereocenters. The van der Waals surface area contributed by atoms with Gasteiger partial charge in [0.25, 0.3) is 0 Å². The van der Waals surface area contributed by atoms with Crippen LogP contribution in [0.2, 0.25) is 5.28 Å². The van der Waals surface area contributed by atoms with Crippen LogP contribution in [-0.4, -0.2) is 19.7 Å². The fourth-order valence-electron chi connectivity index (χ4n) is 1.88. The lowest BCUT2D eigenvalue weighted by molar-refractivity contribution is 0.460. The molecule has 0 aliphatic rings. The predicted octanol–water partition coefficient (Wildman–Crippen LogP) is 3.49. The van der Waals surface area contributed by atoms with Crippen molar-refractivity contribution in [3.05, 3.63) is 28.1 Å². The van der Waals surface area contributed by atoms with E-state index >= 15 is 0 Å². The smallest absolute Gasteiger partial charge is 0.232 e. The van der Waals surface area contributed by atoms with Crippen molar-refractivity contribution >= 4 is 33.2 Å². The van der Waals surface area contributed by atoms with E-state index in [1.54, 1.807) is 4.68 Å². The van der Waals surface area contributed by atoms with Crippen molar-refractivity contribution in [1.29, 1.82) is 0 Å². The summed E-state index contributed by atoms with van der Waals surface area (Å²) in [6, 6.07) is 1.92. The van der Waals surface area contributed by atoms with Gasteiger partial charge in [-0.2, -0.15) is 10.1 Å². The molecule has 98 valence electrons. The van der Waals surface area contributed by atoms with Crippen LogP contribution in [0.4, 0.5) is 0 Å². The minimum Gasteiger partial charge on any atom is -0.434 e. The Balaban J connectivity index is 2.12. The molecule has 5 nitrogen and oxygen atoms in total. The van der Waals surface area contributed by atoms with Crippen molar-refractivity contribution in [1.82, 2.24) is 19.7 Å². The number of aromatic nitrogens is 4. The Hall–Kier alpha value is -1.66. The highest BCUT2D eigenvalue weighted by Gasteiger charge is 2.16. The predicted molar refractivity (Wildman–Crippen MR) is 75.2 cm³/mol. The molecule has 7 heteroatoms. The minimum absolute atomic E-state index is 0.184. The zero-order valence-corrected chi connectivity index (χ0v) is 12.2. The van der Waals surface area contributed by atoms with E-state index in [4.69, 9.17) is 16.3 Å². The molecule has 3 aromatic rings. The highest BCUT2D eigenvalue weighted by Crippen LogP contribution is 2.33. The summed E-state index contributed by atoms with van der Waals surface area (Å²) in [5, 5.41) is 7.29. The monoisotopic (exact) mass is 294 g/mol. The van der Waals surface area contributed by atoms with Crippen LogP contribution in [0, 0.1) is 13.8 Å². The second-order valence-corrected chi connectivity index (χ2v) is 5.40. The minimum atomic E-state index is 0.184. The SMILES string of the molecule is Cc1nn(C)c(C)c1Oc1nc(Cl)nc2sccc12. The first-order valence-corrected chi connectivity index (χ1v) is 6.91. The first-order valence-electron chi connectivity index (χ1n) is 5.65. The van der Waals surface area contributed by atoms with Crippen molar-refractivity contribution in [2.24, 2.45) is 7.05 Å². The van der Waals surface area contributed by atoms with Gasteiger partial charge in [0.2, 0.25) is 11.2 Å². The summed E-state index contributed by atoms with van der Waals surface area (Å²) in [6.07, 6.45) is 0. The fourth-order valence-corrected chi connectivity index (χ4v) is 2.85. The summed E-state index contributed by atoms with van der Waals surface area (Å²) < 4.78 is 7.68. The summed E-state index contributed by atoms with van der Waals surface area (Å²) in [5.41, 5.74) is 1.76. The third kappa shape index (κ3) is 2.06. The average Bonchev–Trinajstić information content (AvgIpc) is 2.90. The molecule has 19 heavy (non-hydrogen) atoms. The topological polar surface area (TPSA) is 52.8 Å². The summed E-state index contributed by atoms with van der Waals surface area (Å²) in [6.45, 7) is 3.85. The van der Waals surface area contributed by atoms with E-state index < -0.39 is 0 Å². The molecule has 0 amide bonds. The zero-order valence-electron chi connectivity index (χ0n) is 10.6. The lowest BCUT2D eigenvalue weighted by Crippen LogP contribution is -1.95. The molecule has 3 aromatic heterocycles. The molecule has 0 aliphatic heterocycles. The number of hydrogen-bond acceptors (Lipinski definition) is 5. The summed E-state index contributed by atoms with van der Waals surface area (Å²) in [4.78, 5) is 9.14. The molecule has 0 aromatic carbocycles. The lowest BCUT2D eigenvalue weighted by Gasteiger charge is -2.06. The van der Waals surface area contributed by atoms with E-state index in [1.165, 1.54) is 11.3 Å². The average molecular weight is 295 g/mol. The van der Waals surface area contributed by atoms with Crippen molar-refractivity contribution < 1.29 is 4.74 Å². The zero-order chi connectivity index (χ0) is 13.6. The molecule has 0 spiro atoms. The van der Waals surface area contributed by atoms with Crippen LogP contribution in [0.25, 0.3) is 10.2 Å². The number of halogens is 1. The Kier molecular flexibility index (Phi) is 2.91. The summed E-state index contributed by atoms with van der Waals surface area (Å²) in [5.74, 6) is 1.18. The number of rotatable bonds is 2. The lowest BCUT2D eigenvalue weighted by atomic mass is 10.3. The Morgan fingerprint density at radius 2 is 2.11 bits per heavy atom. The van der Waals surface area contributed by atoms with Crippen molar-refractivity contribution in [2.75, 3.05) is 0 Å². The van der Waals surface area contributed by atoms with Crippen molar-refractivity contribution in [2.45, 2.75) is 13.8 Å². The summed E-state index contributed by atoms with van der Waals surface area (Å²) >= 11 is 7.42. The van der Waals surface area contributed by atoms with Gasteiger partial charge >= 0.3 is 0 Å². The second kappa shape index (κ2) is 4.47. The van der Waals surface area contributed by atoms with E-state index in [-0.39, 0.29) is 5.28 Å². The molecule has 0 bridgehead atoms. The van der Waals surface area contributed by atoms with Crippen molar-refractivity contribution in [3.8, 4) is 11.6 Å². The summed E-state index contributed by atoms with van der Waals surface area (Å²) in [7, 11) is 1.88. The highest BCUT2D eigenvalue weighted by molar-refractivity contribution is 7.16. The van der Waals surface area contributed by atoms with Gasteiger partial charge in [-0.05, 0) is 36.9 Å². The molecular weight excluding hydrogens is 284 g/mol. The highest BCUT2D eigenvalue weighted by atomic mass is 35.5. The molecule has 0 saturated heterocycles. The standard InChI is InChI=1S/C12H11ClN4OS/c1-6-9(7(2)17(3)16-6)18-10-8-4-5-19-11(8)15-12(13)14-10/h4-5H,1-3H3. The van der Waals surface area contributed by atoms with Crippen LogP contribution < -0.4 is 4.74 Å². The number of nitrogens with zero attached hydrogens (tertiary/aromatic N) is 4. The molecule has 0 N–H and O–H groups in total. The van der Waals surface area contributed by atoms with Crippen LogP contribution in [0.5, 0.6) is 11.6 Å². The number of fused-ring (bicyclic) bond motifs is 1. The van der Waals surface area contributed by atoms with Gasteiger partial charge in [-0.25, -0.2) is 4.98 Å². The maximum absolute atomic E-state index is 5.92. The molecule has 0 unspecified atom stereocenters. The quantitative estimate of drug-likeness (QED) is 0.679. The Morgan fingerprint density at radius 3 is 2.79 bits per heavy atom. The van der Waals surface area contributed by atoms with Gasteiger partial charge in [0.05, 0.1) is 11.1 Å². The van der Waals surface area contributed by atoms with Crippen LogP contribution in [0.3, 0.4) is 0 Å². The number of ether oxygens (including phenoxy) is 1. The van der Waals surface area contributed by atoms with Gasteiger partial charge < -0.3 is 4.74 Å². The van der Waals surface area contributed by atoms with Gasteiger partial charge in [0.1, 0.15) is 10.5 Å². The Morgan fingerprint density at radius 1 is 1.32 bits per heavy atom. The molecule has 0 radical (unpaired) electrons. The molecule has 0 aliphatic carbocycles. The van der Waals surface area contributed by atoms with Crippen LogP contribution in [0.15, 0.2) is 11.4 Å². The Bertz CT molecular complexity index is 765. The third-order valence-corrected chi connectivity index (χ3v) is 3.88. The van der Waals surface area contributed by atoms with E-state index in [0.29, 0.717) is 11.6 Å². The van der Waals surface area contributed by atoms with Crippen LogP contribution >= 0.6 is 22.9 Å². The van der Waals surface area contributed by atoms with Gasteiger partial charge in [-0.15, -0.1) is 11.3 Å². The third-order valence-electron chi connectivity index (χ3n) is 2.90. The molecule has 3 rings (SSSR count). The molecule has 0 saturated carbocycles. The largest absolute Gasteiger partial charge is 0.434 e. The van der Waals surface area contributed by atoms with E-state index in [2.05, 4.69) is 15.1 Å². The normalized spacial score (nSPS) is 11.2. The van der Waals surface area contributed by atoms with Gasteiger partial charge in [-0.1, -0.05) is 0 Å². The van der Waals surface area contributed by atoms with E-state index in [0.717, 1.165) is 21.6 Å². The van der Waals surface area contributed by atoms with E-state index in [9.17, 15) is 0 Å². The van der Waals surface area contributed by atoms with Gasteiger partial charge in [-0.3, -0.25) is 4.68 Å². The van der Waals surface area contributed by atoms with Crippen LogP contribution in [-0.2, 0) is 7.05 Å². The number of thiophene rings is 1. The molecule has 0 fully saturated rings. The number of aryl methyl sites for hydroxylation is 2. The first-order chi connectivity index (χ1) is 9.06. The van der Waals surface area contributed by atoms with Gasteiger partial charge in [0, 0.05) is 7.05 Å². The molecular formula is C12H11ClN4OS.